The summed E-state index contributed by atoms with van der Waals surface area (Å²) in [5, 5.41) is 33.0. The normalized spacial score (nSPS) is 18.8. The van der Waals surface area contributed by atoms with Gasteiger partial charge in [0.1, 0.15) is 28.2 Å². The number of aryl methyl sites for hydroxylation is 4. The van der Waals surface area contributed by atoms with Crippen LogP contribution in [0.2, 0.25) is 40.2 Å². The average molecular weight is 2280 g/mol. The van der Waals surface area contributed by atoms with Gasteiger partial charge in [-0.25, -0.2) is 59.0 Å². The fourth-order valence-electron chi connectivity index (χ4n) is 21.4. The molecule has 4 amide bonds. The zero-order chi connectivity index (χ0) is 104. The van der Waals surface area contributed by atoms with Crippen LogP contribution in [-0.4, -0.2) is 221 Å². The van der Waals surface area contributed by atoms with E-state index in [4.69, 9.17) is 144 Å². The minimum absolute atomic E-state index is 0. The van der Waals surface area contributed by atoms with Gasteiger partial charge in [0.2, 0.25) is 0 Å². The zero-order valence-electron chi connectivity index (χ0n) is 87.4. The molecule has 8 aromatic rings. The van der Waals surface area contributed by atoms with E-state index >= 15 is 0 Å². The first-order valence-electron chi connectivity index (χ1n) is 49.5. The number of carboxylic acid groups (broad SMARTS) is 1. The van der Waals surface area contributed by atoms with Crippen LogP contribution in [0.1, 0.15) is 316 Å². The van der Waals surface area contributed by atoms with E-state index in [0.29, 0.717) is 165 Å². The van der Waals surface area contributed by atoms with Gasteiger partial charge in [0.05, 0.1) is 91.8 Å². The Bertz CT molecular complexity index is 5740. The molecular weight excluding hydrogens is 2120 g/mol. The quantitative estimate of drug-likeness (QED) is 0.0240. The summed E-state index contributed by atoms with van der Waals surface area (Å²) in [5.41, 5.74) is 13.6. The number of carboxylic acids is 1. The summed E-state index contributed by atoms with van der Waals surface area (Å²) < 4.78 is 22.7. The number of nitrogens with one attached hydrogen (secondary N) is 3. The summed E-state index contributed by atoms with van der Waals surface area (Å²) in [6.45, 7) is 35.7. The van der Waals surface area contributed by atoms with E-state index in [1.807, 2.05) is 112 Å². The van der Waals surface area contributed by atoms with Crippen LogP contribution in [0.25, 0.3) is 45.0 Å². The summed E-state index contributed by atoms with van der Waals surface area (Å²) in [6.07, 6.45) is 18.2. The first-order chi connectivity index (χ1) is 66.8. The van der Waals surface area contributed by atoms with Gasteiger partial charge in [0.15, 0.2) is 40.4 Å². The first kappa shape index (κ1) is 129. The number of alkyl carbamates (subject to hydrolysis) is 3. The predicted octanol–water partition coefficient (Wildman–Crippen LogP) is 24.4. The van der Waals surface area contributed by atoms with E-state index in [1.165, 1.54) is 24.7 Å². The molecule has 0 radical (unpaired) electrons. The van der Waals surface area contributed by atoms with Gasteiger partial charge < -0.3 is 95.0 Å². The molecule has 16 rings (SSSR count). The number of piperidine rings is 4. The molecule has 4 spiro atoms. The molecule has 4 aliphatic carbocycles. The largest absolute Gasteiger partial charge is 2.00 e. The van der Waals surface area contributed by atoms with Crippen LogP contribution in [0.5, 0.6) is 0 Å². The number of amides is 4. The maximum atomic E-state index is 13.3. The van der Waals surface area contributed by atoms with Crippen molar-refractivity contribution in [2.24, 2.45) is 27.4 Å². The molecule has 8 heterocycles. The Labute approximate surface area is 946 Å². The van der Waals surface area contributed by atoms with Gasteiger partial charge in [0.25, 0.3) is 5.91 Å². The molecule has 4 saturated heterocycles. The number of carbonyl (C=O) groups is 6. The zero-order valence-corrected chi connectivity index (χ0v) is 95.4. The number of ketones is 1. The number of nitrogens with zero attached hydrogens (tertiary/aromatic N) is 13. The molecule has 8 fully saturated rings. The van der Waals surface area contributed by atoms with Crippen molar-refractivity contribution in [3.8, 4) is 45.0 Å². The summed E-state index contributed by atoms with van der Waals surface area (Å²) in [5.74, 6) is 0.772. The Morgan fingerprint density at radius 3 is 0.953 bits per heavy atom. The molecule has 5 atom stereocenters. The number of hydrogen-bond acceptors (Lipinski definition) is 23. The number of aliphatic hydroxyl groups excluding tert-OH is 1. The topological polar surface area (TPSA) is 352 Å². The Hall–Kier alpha value is -7.69. The van der Waals surface area contributed by atoms with Crippen LogP contribution < -0.4 is 58.3 Å². The standard InChI is InChI=1S/C28H37Cl2N5O3.C27H34Cl2N4O3.C26H32Cl2N4O4.C22H28Cl2N4O.C2H6.4CH4.CH3.BrH.Mg/c1-17-22(18-9-7-10-19(29)21(18)30)33-23(25(36)34(5)6)24(31-17)35-15-13-28(14-16-35)12-8-11-20(28)32-26(37)38-27(2,3)4;1-16-22(18-8-6-9-19(28)21(18)29)32-23(17(2)34)24(30-16)33-14-12-27(13-15-33)11-7-10-20(27)31-25(35)36-26(3,4)5;1-15-20(16-7-5-8-17(27)19(16)28)31-21(23(33)34)22(29-15)32-13-11-26(12-14-32)10-6-9-18(26)30-24(35)36-25(2,3)4;1-13-19(15-5-3-6-16(23)18(15)24)27-20(14(2)29)21(26-13)28-11-9-22(10-12-28)8-4-7-17(22)25;1-2;;;;;;;/h7,9-10,20H,8,11-16H2,1-6H3,(H,32,37);6,8-9,20H,7,10-15H2,1-5H3,(H,31,35);5,7-8,18H,6,9-14H2,1-4H3,(H,30,35)(H,33,34);3,5-6,14,17,29H,4,7-12,25H2,1-2H3;1-2H3;4*1H4;1H3;1H;/q;;;;;;;;;-1;;+2/p-1/t2*20-;18-;14?,17-;;;;;;;;/m1111......../s1/i;;;;1D;;;;;;;. The van der Waals surface area contributed by atoms with Crippen molar-refractivity contribution in [1.29, 1.82) is 0 Å². The van der Waals surface area contributed by atoms with E-state index < -0.39 is 28.9 Å². The molecular formula is C110H156BrCl8MgN17O11. The van der Waals surface area contributed by atoms with Crippen molar-refractivity contribution in [3.63, 3.8) is 0 Å². The molecule has 8 aliphatic rings. The van der Waals surface area contributed by atoms with Crippen molar-refractivity contribution < 1.29 is 71.5 Å². The van der Waals surface area contributed by atoms with Crippen molar-refractivity contribution >= 4 is 175 Å². The minimum Gasteiger partial charge on any atom is -1.00 e. The molecule has 1 unspecified atom stereocenters. The third-order valence-corrected chi connectivity index (χ3v) is 31.9. The predicted molar refractivity (Wildman–Crippen MR) is 603 cm³/mol. The second kappa shape index (κ2) is 54.9. The summed E-state index contributed by atoms with van der Waals surface area (Å²) in [7, 11) is 3.41. The number of carbonyl (C=O) groups excluding carboxylic acids is 5. The van der Waals surface area contributed by atoms with Crippen molar-refractivity contribution in [3.05, 3.63) is 166 Å². The number of rotatable bonds is 15. The molecule has 4 aromatic carbocycles. The maximum absolute atomic E-state index is 13.3. The van der Waals surface area contributed by atoms with E-state index in [2.05, 4.69) is 40.6 Å². The van der Waals surface area contributed by atoms with Crippen LogP contribution in [0.3, 0.4) is 0 Å². The van der Waals surface area contributed by atoms with Crippen LogP contribution in [0.15, 0.2) is 72.8 Å². The molecule has 7 N–H and O–H groups in total. The van der Waals surface area contributed by atoms with E-state index in [1.54, 1.807) is 83.4 Å². The summed E-state index contributed by atoms with van der Waals surface area (Å²) in [4.78, 5) is 124. The summed E-state index contributed by atoms with van der Waals surface area (Å²) >= 11 is 50.6. The number of aliphatic hydroxyl groups is 1. The number of aromatic nitrogens is 8. The number of Topliss-reactive ketones (excluding diaryl/α,β-unsaturated/α-hetero) is 1. The smallest absolute Gasteiger partial charge is 1.00 e. The fraction of sp³-hybridized carbons (Fsp3) is 0.573. The Morgan fingerprint density at radius 2 is 0.682 bits per heavy atom. The minimum atomic E-state index is -1.15. The van der Waals surface area contributed by atoms with Gasteiger partial charge >= 0.3 is 47.3 Å². The first-order valence-corrected chi connectivity index (χ1v) is 51.9. The number of benzene rings is 4. The monoisotopic (exact) mass is 2270 g/mol. The number of aromatic carboxylic acids is 1. The Kier molecular flexibility index (Phi) is 47.8. The second-order valence-electron chi connectivity index (χ2n) is 41.7. The SMILES string of the molecule is C.C.C.C.CC(=O)c1nc(-c2cccc(Cl)c2Cl)c(C)nc1N1CCC2(CCC[C@H]2NC(=O)OC(C)(C)C)CC1.Cc1nc(N2CCC3(CCC[C@H]3N)CC2)c(C(C)O)nc1-c1cccc(Cl)c1Cl.Cc1nc(N2CCC3(CCC[C@H]3NC(=O)OC(C)(C)C)CC2)c(C(=O)N(C)C)nc1-c1cccc(Cl)c1Cl.Cc1nc(N2CCC3(CCC[C@H]3NC(=O)OC(C)(C)C)CC2)c(C(=O)O)nc1-c1cccc(Cl)c1Cl.[2H]CC.[Br-].[CH3-].[Mg+2]. The molecule has 148 heavy (non-hydrogen) atoms. The van der Waals surface area contributed by atoms with E-state index in [9.17, 15) is 39.0 Å². The number of hydrogen-bond donors (Lipinski definition) is 6. The third-order valence-electron chi connectivity index (χ3n) is 28.6. The Morgan fingerprint density at radius 1 is 0.432 bits per heavy atom. The maximum Gasteiger partial charge on any atom is 2.00 e. The van der Waals surface area contributed by atoms with Gasteiger partial charge in [0, 0.05) is 121 Å². The van der Waals surface area contributed by atoms with E-state index in [0.717, 1.165) is 159 Å². The van der Waals surface area contributed by atoms with Crippen molar-refractivity contribution in [2.75, 3.05) is 86.1 Å². The molecule has 4 saturated carbocycles. The van der Waals surface area contributed by atoms with Gasteiger partial charge in [-0.2, -0.15) is 0 Å². The van der Waals surface area contributed by atoms with Gasteiger partial charge in [-0.3, -0.25) is 9.59 Å². The fourth-order valence-corrected chi connectivity index (χ4v) is 23.0. The number of ether oxygens (including phenoxy) is 3. The molecule has 812 valence electrons. The van der Waals surface area contributed by atoms with Crippen molar-refractivity contribution in [2.45, 2.75) is 323 Å². The van der Waals surface area contributed by atoms with Gasteiger partial charge in [-0.1, -0.05) is 211 Å². The van der Waals surface area contributed by atoms with Crippen molar-refractivity contribution in [1.82, 2.24) is 60.7 Å². The molecule has 38 heteroatoms. The second-order valence-corrected chi connectivity index (χ2v) is 44.8. The van der Waals surface area contributed by atoms with E-state index in [-0.39, 0.29) is 158 Å². The molecule has 4 aromatic heterocycles. The van der Waals surface area contributed by atoms with Crippen LogP contribution in [0, 0.1) is 56.8 Å². The average Bonchev–Trinajstić information content (AvgIpc) is 1.74. The molecule has 28 nitrogen and oxygen atoms in total. The van der Waals surface area contributed by atoms with Gasteiger partial charge in [-0.15, -0.1) is 0 Å². The third kappa shape index (κ3) is 30.7. The Balaban J connectivity index is 0.000000342. The number of nitrogens with two attached hydrogens (primary N) is 1. The molecule has 4 aliphatic heterocycles. The number of halogens is 9. The van der Waals surface area contributed by atoms with Crippen LogP contribution in [-0.2, 0) is 14.2 Å². The van der Waals surface area contributed by atoms with Crippen LogP contribution >= 0.6 is 92.8 Å². The molecule has 0 bridgehead atoms. The summed E-state index contributed by atoms with van der Waals surface area (Å²) in [6, 6.07) is 21.8. The van der Waals surface area contributed by atoms with Crippen LogP contribution in [0.4, 0.5) is 37.7 Å². The van der Waals surface area contributed by atoms with Gasteiger partial charge in [-0.05, 0) is 246 Å². The number of anilines is 4.